The van der Waals surface area contributed by atoms with Crippen molar-refractivity contribution < 1.29 is 48.6 Å². The first-order chi connectivity index (χ1) is 15.4. The van der Waals surface area contributed by atoms with Gasteiger partial charge in [-0.3, -0.25) is 0 Å². The third kappa shape index (κ3) is 3.77. The fourth-order valence-corrected chi connectivity index (χ4v) is 4.07. The van der Waals surface area contributed by atoms with Gasteiger partial charge in [0.1, 0.15) is 24.4 Å². The van der Waals surface area contributed by atoms with Gasteiger partial charge in [-0.25, -0.2) is 9.59 Å². The molecule has 5 rings (SSSR count). The minimum atomic E-state index is -1.25. The van der Waals surface area contributed by atoms with Gasteiger partial charge < -0.3 is 39.0 Å². The van der Waals surface area contributed by atoms with Crippen molar-refractivity contribution in [3.63, 3.8) is 0 Å². The van der Waals surface area contributed by atoms with Crippen molar-refractivity contribution in [1.29, 1.82) is 0 Å². The molecule has 0 aliphatic carbocycles. The van der Waals surface area contributed by atoms with E-state index in [9.17, 15) is 14.7 Å². The molecule has 3 fully saturated rings. The summed E-state index contributed by atoms with van der Waals surface area (Å²) in [5.74, 6) is -2.07. The number of aromatic carboxylic acids is 2. The van der Waals surface area contributed by atoms with Crippen LogP contribution in [0, 0.1) is 0 Å². The molecule has 3 N–H and O–H groups in total. The number of aliphatic hydroxyl groups excluding tert-OH is 1. The van der Waals surface area contributed by atoms with E-state index in [0.717, 1.165) is 0 Å². The summed E-state index contributed by atoms with van der Waals surface area (Å²) in [6.07, 6.45) is -5.50. The van der Waals surface area contributed by atoms with E-state index >= 15 is 0 Å². The number of ether oxygens (including phenoxy) is 5. The molecule has 0 amide bonds. The van der Waals surface area contributed by atoms with Gasteiger partial charge in [0.05, 0.1) is 17.7 Å². The Labute approximate surface area is 181 Å². The largest absolute Gasteiger partial charge is 0.478 e. The molecule has 2 aromatic rings. The first-order valence-electron chi connectivity index (χ1n) is 9.99. The van der Waals surface area contributed by atoms with Crippen LogP contribution in [0.1, 0.15) is 44.4 Å². The first kappa shape index (κ1) is 21.0. The van der Waals surface area contributed by atoms with E-state index in [0.29, 0.717) is 11.1 Å². The molecule has 0 radical (unpaired) electrons. The molecule has 0 saturated carbocycles. The van der Waals surface area contributed by atoms with Crippen molar-refractivity contribution in [3.8, 4) is 0 Å². The quantitative estimate of drug-likeness (QED) is 0.638. The lowest BCUT2D eigenvalue weighted by Gasteiger charge is -2.44. The Morgan fingerprint density at radius 3 is 1.75 bits per heavy atom. The van der Waals surface area contributed by atoms with Crippen molar-refractivity contribution >= 4 is 11.9 Å². The molecule has 32 heavy (non-hydrogen) atoms. The van der Waals surface area contributed by atoms with E-state index in [1.165, 1.54) is 24.3 Å². The maximum atomic E-state index is 11.1. The fraction of sp³-hybridized carbons (Fsp3) is 0.364. The number of carbonyl (C=O) groups is 2. The molecular weight excluding hydrogens is 424 g/mol. The third-order valence-electron chi connectivity index (χ3n) is 5.72. The van der Waals surface area contributed by atoms with Crippen LogP contribution in [0.4, 0.5) is 0 Å². The molecule has 3 aliphatic rings. The average Bonchev–Trinajstić information content (AvgIpc) is 3.26. The maximum absolute atomic E-state index is 11.1. The zero-order valence-corrected chi connectivity index (χ0v) is 16.6. The second-order valence-electron chi connectivity index (χ2n) is 7.72. The first-order valence-corrected chi connectivity index (χ1v) is 9.99. The number of hydrogen-bond acceptors (Lipinski definition) is 8. The van der Waals surface area contributed by atoms with Crippen LogP contribution in [0.15, 0.2) is 48.5 Å². The average molecular weight is 444 g/mol. The predicted octanol–water partition coefficient (Wildman–Crippen LogP) is 1.70. The number of carboxylic acid groups (broad SMARTS) is 2. The molecule has 0 aromatic heterocycles. The molecule has 168 valence electrons. The lowest BCUT2D eigenvalue weighted by atomic mass is 9.98. The molecule has 2 aromatic carbocycles. The molecule has 10 heteroatoms. The molecule has 10 nitrogen and oxygen atoms in total. The third-order valence-corrected chi connectivity index (χ3v) is 5.72. The zero-order valence-electron chi connectivity index (χ0n) is 16.6. The van der Waals surface area contributed by atoms with Crippen LogP contribution < -0.4 is 0 Å². The van der Waals surface area contributed by atoms with Gasteiger partial charge in [-0.15, -0.1) is 0 Å². The van der Waals surface area contributed by atoms with E-state index in [-0.39, 0.29) is 17.7 Å². The molecule has 3 saturated heterocycles. The normalized spacial score (nSPS) is 33.8. The lowest BCUT2D eigenvalue weighted by Crippen LogP contribution is -2.60. The second kappa shape index (κ2) is 8.24. The van der Waals surface area contributed by atoms with E-state index in [4.69, 9.17) is 33.9 Å². The Morgan fingerprint density at radius 1 is 0.688 bits per heavy atom. The van der Waals surface area contributed by atoms with Crippen LogP contribution in [-0.4, -0.2) is 64.6 Å². The summed E-state index contributed by atoms with van der Waals surface area (Å²) < 4.78 is 29.3. The number of carboxylic acids is 2. The Kier molecular flexibility index (Phi) is 5.41. The summed E-state index contributed by atoms with van der Waals surface area (Å²) in [4.78, 5) is 22.1. The fourth-order valence-electron chi connectivity index (χ4n) is 4.07. The SMILES string of the molecule is O=C(O)c1ccc(C2OCC3OC(O)C4OC(c5ccc(C(=O)O)cc5)OC4C3O2)cc1. The summed E-state index contributed by atoms with van der Waals surface area (Å²) in [6.45, 7) is 0.137. The topological polar surface area (TPSA) is 141 Å². The molecular formula is C22H20O10. The number of fused-ring (bicyclic) bond motifs is 3. The van der Waals surface area contributed by atoms with Gasteiger partial charge in [0, 0.05) is 11.1 Å². The van der Waals surface area contributed by atoms with Crippen molar-refractivity contribution in [2.75, 3.05) is 6.61 Å². The molecule has 3 heterocycles. The Hall–Kier alpha value is -2.86. The molecule has 7 atom stereocenters. The highest BCUT2D eigenvalue weighted by Gasteiger charge is 2.55. The number of benzene rings is 2. The van der Waals surface area contributed by atoms with Crippen LogP contribution in [0.5, 0.6) is 0 Å². The highest BCUT2D eigenvalue weighted by molar-refractivity contribution is 5.88. The Morgan fingerprint density at radius 2 is 1.19 bits per heavy atom. The van der Waals surface area contributed by atoms with Crippen molar-refractivity contribution in [1.82, 2.24) is 0 Å². The lowest BCUT2D eigenvalue weighted by molar-refractivity contribution is -0.340. The smallest absolute Gasteiger partial charge is 0.335 e. The van der Waals surface area contributed by atoms with Gasteiger partial charge >= 0.3 is 11.9 Å². The predicted molar refractivity (Wildman–Crippen MR) is 104 cm³/mol. The summed E-state index contributed by atoms with van der Waals surface area (Å²) in [5, 5.41) is 28.5. The second-order valence-corrected chi connectivity index (χ2v) is 7.72. The summed E-state index contributed by atoms with van der Waals surface area (Å²) in [6, 6.07) is 12.2. The highest BCUT2D eigenvalue weighted by Crippen LogP contribution is 2.42. The molecule has 3 aliphatic heterocycles. The van der Waals surface area contributed by atoms with Crippen LogP contribution in [0.25, 0.3) is 0 Å². The van der Waals surface area contributed by atoms with Crippen LogP contribution in [0.2, 0.25) is 0 Å². The van der Waals surface area contributed by atoms with E-state index < -0.39 is 55.2 Å². The van der Waals surface area contributed by atoms with Gasteiger partial charge in [0.15, 0.2) is 18.9 Å². The number of hydrogen-bond donors (Lipinski definition) is 3. The zero-order chi connectivity index (χ0) is 22.4. The molecule has 7 unspecified atom stereocenters. The summed E-state index contributed by atoms with van der Waals surface area (Å²) >= 11 is 0. The van der Waals surface area contributed by atoms with Crippen LogP contribution >= 0.6 is 0 Å². The van der Waals surface area contributed by atoms with E-state index in [1.807, 2.05) is 0 Å². The minimum absolute atomic E-state index is 0.136. The number of aliphatic hydroxyl groups is 1. The standard InChI is InChI=1S/C22H20O10/c23-18(24)10-1-5-12(6-2-10)21-28-9-14-15(30-21)16-17(20(27)29-14)32-22(31-16)13-7-3-11(4-8-13)19(25)26/h1-8,14-17,20-22,27H,9H2,(H,23,24)(H,25,26). The van der Waals surface area contributed by atoms with Crippen molar-refractivity contribution in [2.45, 2.75) is 43.3 Å². The van der Waals surface area contributed by atoms with E-state index in [1.54, 1.807) is 24.3 Å². The van der Waals surface area contributed by atoms with Crippen LogP contribution in [0.3, 0.4) is 0 Å². The van der Waals surface area contributed by atoms with E-state index in [2.05, 4.69) is 0 Å². The van der Waals surface area contributed by atoms with Gasteiger partial charge in [-0.1, -0.05) is 24.3 Å². The summed E-state index contributed by atoms with van der Waals surface area (Å²) in [7, 11) is 0. The minimum Gasteiger partial charge on any atom is -0.478 e. The van der Waals surface area contributed by atoms with Gasteiger partial charge in [0.25, 0.3) is 0 Å². The van der Waals surface area contributed by atoms with Crippen molar-refractivity contribution in [3.05, 3.63) is 70.8 Å². The Bertz CT molecular complexity index is 1000. The number of rotatable bonds is 4. The highest BCUT2D eigenvalue weighted by atomic mass is 16.8. The van der Waals surface area contributed by atoms with Gasteiger partial charge in [-0.05, 0) is 24.3 Å². The Balaban J connectivity index is 1.33. The molecule has 0 spiro atoms. The van der Waals surface area contributed by atoms with Crippen molar-refractivity contribution in [2.24, 2.45) is 0 Å². The van der Waals surface area contributed by atoms with Crippen LogP contribution in [-0.2, 0) is 23.7 Å². The summed E-state index contributed by atoms with van der Waals surface area (Å²) in [5.41, 5.74) is 1.52. The monoisotopic (exact) mass is 444 g/mol. The molecule has 0 bridgehead atoms. The van der Waals surface area contributed by atoms with Gasteiger partial charge in [-0.2, -0.15) is 0 Å². The maximum Gasteiger partial charge on any atom is 0.335 e. The van der Waals surface area contributed by atoms with Gasteiger partial charge in [0.2, 0.25) is 0 Å².